The van der Waals surface area contributed by atoms with Crippen molar-refractivity contribution in [3.05, 3.63) is 62.9 Å². The molecule has 0 saturated carbocycles. The third-order valence-electron chi connectivity index (χ3n) is 2.70. The van der Waals surface area contributed by atoms with E-state index in [1.807, 2.05) is 25.2 Å². The number of benzene rings is 1. The van der Waals surface area contributed by atoms with Crippen LogP contribution >= 0.6 is 34.8 Å². The molecule has 0 saturated heterocycles. The van der Waals surface area contributed by atoms with Crippen LogP contribution in [0.5, 0.6) is 0 Å². The largest absolute Gasteiger partial charge is 0.298 e. The van der Waals surface area contributed by atoms with Gasteiger partial charge in [0.25, 0.3) is 0 Å². The Morgan fingerprint density at radius 2 is 1.84 bits per heavy atom. The molecule has 1 heterocycles. The Balaban J connectivity index is 2.01. The van der Waals surface area contributed by atoms with Gasteiger partial charge in [0.1, 0.15) is 5.15 Å². The van der Waals surface area contributed by atoms with Gasteiger partial charge in [0, 0.05) is 29.3 Å². The fraction of sp³-hybridized carbons (Fsp3) is 0.214. The molecular formula is C14H13Cl3N2. The van der Waals surface area contributed by atoms with Gasteiger partial charge >= 0.3 is 0 Å². The first-order valence-corrected chi connectivity index (χ1v) is 6.91. The highest BCUT2D eigenvalue weighted by molar-refractivity contribution is 6.35. The third kappa shape index (κ3) is 4.36. The third-order valence-corrected chi connectivity index (χ3v) is 3.51. The molecule has 5 heteroatoms. The predicted octanol–water partition coefficient (Wildman–Crippen LogP) is 4.67. The fourth-order valence-corrected chi connectivity index (χ4v) is 2.39. The molecule has 100 valence electrons. The zero-order chi connectivity index (χ0) is 13.8. The molecule has 2 nitrogen and oxygen atoms in total. The molecule has 2 aromatic rings. The van der Waals surface area contributed by atoms with Crippen molar-refractivity contribution in [2.24, 2.45) is 0 Å². The van der Waals surface area contributed by atoms with Crippen LogP contribution in [0.1, 0.15) is 11.1 Å². The van der Waals surface area contributed by atoms with Gasteiger partial charge in [0.05, 0.1) is 0 Å². The number of rotatable bonds is 4. The number of nitrogens with zero attached hydrogens (tertiary/aromatic N) is 2. The van der Waals surface area contributed by atoms with E-state index in [1.54, 1.807) is 18.3 Å². The molecule has 0 radical (unpaired) electrons. The summed E-state index contributed by atoms with van der Waals surface area (Å²) in [5.41, 5.74) is 2.16. The van der Waals surface area contributed by atoms with Crippen LogP contribution in [-0.2, 0) is 13.1 Å². The van der Waals surface area contributed by atoms with Crippen LogP contribution in [0.15, 0.2) is 36.5 Å². The minimum Gasteiger partial charge on any atom is -0.298 e. The molecule has 0 amide bonds. The lowest BCUT2D eigenvalue weighted by atomic mass is 10.2. The summed E-state index contributed by atoms with van der Waals surface area (Å²) < 4.78 is 0. The SMILES string of the molecule is CN(Cc1ccc(Cl)nc1)Cc1ccc(Cl)cc1Cl. The first kappa shape index (κ1) is 14.6. The van der Waals surface area contributed by atoms with Crippen LogP contribution in [0.4, 0.5) is 0 Å². The molecular weight excluding hydrogens is 303 g/mol. The van der Waals surface area contributed by atoms with E-state index < -0.39 is 0 Å². The van der Waals surface area contributed by atoms with Crippen molar-refractivity contribution >= 4 is 34.8 Å². The second kappa shape index (κ2) is 6.58. The minimum atomic E-state index is 0.507. The Kier molecular flexibility index (Phi) is 5.06. The molecule has 0 N–H and O–H groups in total. The molecule has 19 heavy (non-hydrogen) atoms. The average Bonchev–Trinajstić information content (AvgIpc) is 2.36. The first-order valence-electron chi connectivity index (χ1n) is 5.77. The second-order valence-corrected chi connectivity index (χ2v) is 5.63. The van der Waals surface area contributed by atoms with Gasteiger partial charge in [-0.25, -0.2) is 4.98 Å². The van der Waals surface area contributed by atoms with Crippen LogP contribution in [0.25, 0.3) is 0 Å². The van der Waals surface area contributed by atoms with Gasteiger partial charge in [-0.1, -0.05) is 46.9 Å². The summed E-state index contributed by atoms with van der Waals surface area (Å²) in [7, 11) is 2.03. The molecule has 0 aliphatic heterocycles. The molecule has 1 aromatic carbocycles. The standard InChI is InChI=1S/C14H13Cl3N2/c1-19(8-10-2-5-14(17)18-7-10)9-11-3-4-12(15)6-13(11)16/h2-7H,8-9H2,1H3. The van der Waals surface area contributed by atoms with Crippen molar-refractivity contribution < 1.29 is 0 Å². The predicted molar refractivity (Wildman–Crippen MR) is 80.9 cm³/mol. The van der Waals surface area contributed by atoms with E-state index in [0.717, 1.165) is 24.2 Å². The zero-order valence-electron chi connectivity index (χ0n) is 10.4. The van der Waals surface area contributed by atoms with Gasteiger partial charge in [-0.05, 0) is 36.4 Å². The summed E-state index contributed by atoms with van der Waals surface area (Å²) in [4.78, 5) is 6.22. The van der Waals surface area contributed by atoms with Gasteiger partial charge in [0.15, 0.2) is 0 Å². The molecule has 2 rings (SSSR count). The van der Waals surface area contributed by atoms with Gasteiger partial charge in [0.2, 0.25) is 0 Å². The highest BCUT2D eigenvalue weighted by atomic mass is 35.5. The van der Waals surface area contributed by atoms with E-state index in [-0.39, 0.29) is 0 Å². The van der Waals surface area contributed by atoms with Crippen molar-refractivity contribution in [1.29, 1.82) is 0 Å². The van der Waals surface area contributed by atoms with Gasteiger partial charge < -0.3 is 0 Å². The maximum Gasteiger partial charge on any atom is 0.129 e. The Morgan fingerprint density at radius 1 is 1.05 bits per heavy atom. The summed E-state index contributed by atoms with van der Waals surface area (Å²) in [6, 6.07) is 9.31. The Hall–Kier alpha value is -0.800. The summed E-state index contributed by atoms with van der Waals surface area (Å²) in [6.45, 7) is 1.53. The number of aromatic nitrogens is 1. The minimum absolute atomic E-state index is 0.507. The van der Waals surface area contributed by atoms with Gasteiger partial charge in [-0.2, -0.15) is 0 Å². The van der Waals surface area contributed by atoms with E-state index in [0.29, 0.717) is 15.2 Å². The van der Waals surface area contributed by atoms with E-state index in [9.17, 15) is 0 Å². The lowest BCUT2D eigenvalue weighted by Gasteiger charge is -2.17. The van der Waals surface area contributed by atoms with Crippen molar-refractivity contribution in [2.75, 3.05) is 7.05 Å². The Morgan fingerprint density at radius 3 is 2.47 bits per heavy atom. The number of halogens is 3. The Bertz CT molecular complexity index is 555. The van der Waals surface area contributed by atoms with Crippen molar-refractivity contribution in [3.8, 4) is 0 Å². The van der Waals surface area contributed by atoms with E-state index in [1.165, 1.54) is 0 Å². The van der Waals surface area contributed by atoms with E-state index in [2.05, 4.69) is 9.88 Å². The second-order valence-electron chi connectivity index (χ2n) is 4.40. The van der Waals surface area contributed by atoms with Crippen molar-refractivity contribution in [2.45, 2.75) is 13.1 Å². The van der Waals surface area contributed by atoms with Crippen LogP contribution in [-0.4, -0.2) is 16.9 Å². The van der Waals surface area contributed by atoms with E-state index >= 15 is 0 Å². The molecule has 0 unspecified atom stereocenters. The first-order chi connectivity index (χ1) is 9.04. The number of hydrogen-bond acceptors (Lipinski definition) is 2. The molecule has 0 aliphatic rings. The monoisotopic (exact) mass is 314 g/mol. The van der Waals surface area contributed by atoms with Gasteiger partial charge in [-0.15, -0.1) is 0 Å². The summed E-state index contributed by atoms with van der Waals surface area (Å²) >= 11 is 17.8. The molecule has 0 aliphatic carbocycles. The number of hydrogen-bond donors (Lipinski definition) is 0. The zero-order valence-corrected chi connectivity index (χ0v) is 12.7. The number of pyridine rings is 1. The quantitative estimate of drug-likeness (QED) is 0.762. The van der Waals surface area contributed by atoms with Crippen LogP contribution in [0.3, 0.4) is 0 Å². The average molecular weight is 316 g/mol. The van der Waals surface area contributed by atoms with Crippen molar-refractivity contribution in [1.82, 2.24) is 9.88 Å². The fourth-order valence-electron chi connectivity index (χ4n) is 1.81. The summed E-state index contributed by atoms with van der Waals surface area (Å²) in [6.07, 6.45) is 1.78. The van der Waals surface area contributed by atoms with Gasteiger partial charge in [-0.3, -0.25) is 4.90 Å². The van der Waals surface area contributed by atoms with E-state index in [4.69, 9.17) is 34.8 Å². The van der Waals surface area contributed by atoms with Crippen molar-refractivity contribution in [3.63, 3.8) is 0 Å². The molecule has 0 fully saturated rings. The Labute approximate surface area is 127 Å². The van der Waals surface area contributed by atoms with Crippen LogP contribution < -0.4 is 0 Å². The summed E-state index contributed by atoms with van der Waals surface area (Å²) in [5, 5.41) is 1.85. The lowest BCUT2D eigenvalue weighted by Crippen LogP contribution is -2.17. The van der Waals surface area contributed by atoms with Crippen LogP contribution in [0.2, 0.25) is 15.2 Å². The maximum atomic E-state index is 6.16. The highest BCUT2D eigenvalue weighted by Gasteiger charge is 2.06. The molecule has 1 aromatic heterocycles. The normalized spacial score (nSPS) is 11.0. The topological polar surface area (TPSA) is 16.1 Å². The lowest BCUT2D eigenvalue weighted by molar-refractivity contribution is 0.319. The molecule has 0 atom stereocenters. The molecule has 0 spiro atoms. The van der Waals surface area contributed by atoms with Crippen LogP contribution in [0, 0.1) is 0 Å². The highest BCUT2D eigenvalue weighted by Crippen LogP contribution is 2.22. The molecule has 0 bridgehead atoms. The smallest absolute Gasteiger partial charge is 0.129 e. The summed E-state index contributed by atoms with van der Waals surface area (Å²) in [5.74, 6) is 0. The maximum absolute atomic E-state index is 6.16.